The molecule has 7 aromatic rings. The van der Waals surface area contributed by atoms with Gasteiger partial charge in [-0.05, 0) is 103 Å². The Kier molecular flexibility index (Phi) is 10.9. The lowest BCUT2D eigenvalue weighted by molar-refractivity contribution is 0.445. The van der Waals surface area contributed by atoms with E-state index in [1.54, 1.807) is 0 Å². The molecule has 0 saturated heterocycles. The summed E-state index contributed by atoms with van der Waals surface area (Å²) in [5.41, 5.74) is 16.4. The highest BCUT2D eigenvalue weighted by molar-refractivity contribution is 6.05. The molecule has 1 heteroatoms. The molecule has 300 valence electrons. The Morgan fingerprint density at radius 2 is 0.915 bits per heavy atom. The van der Waals surface area contributed by atoms with Crippen LogP contribution in [-0.2, 0) is 16.2 Å². The summed E-state index contributed by atoms with van der Waals surface area (Å²) >= 11 is 0. The quantitative estimate of drug-likeness (QED) is 0.156. The number of rotatable bonds is 7. The maximum atomic E-state index is 2.60. The second kappa shape index (κ2) is 16.0. The summed E-state index contributed by atoms with van der Waals surface area (Å²) in [6.45, 7) is 21.0. The lowest BCUT2D eigenvalue weighted by Crippen LogP contribution is -2.18. The Morgan fingerprint density at radius 1 is 0.390 bits per heavy atom. The molecule has 1 aliphatic carbocycles. The third-order valence-electron chi connectivity index (χ3n) is 12.7. The predicted molar refractivity (Wildman–Crippen MR) is 257 cm³/mol. The standard InChI is InChI=1S/C58H63N/c1-56(2,3)44-34-35-48(40-22-12-10-13-23-40)54(39-44)59(52-32-18-16-28-47(52)43-36-45(57(4,5)6)38-46(37-43)58(7,8)9)53-33-19-17-29-50(53)51-31-21-27-42-26-20-30-49(55(42)51)41-24-14-11-15-25-41/h10,12-13,16-23,26-39,41H,11,14-15,24-25H2,1-9H3. The number of para-hydroxylation sites is 2. The molecule has 1 nitrogen and oxygen atoms in total. The van der Waals surface area contributed by atoms with E-state index in [2.05, 4.69) is 219 Å². The first-order valence-electron chi connectivity index (χ1n) is 22.0. The number of nitrogens with zero attached hydrogens (tertiary/aromatic N) is 1. The average Bonchev–Trinajstić information content (AvgIpc) is 3.23. The molecule has 0 amide bonds. The van der Waals surface area contributed by atoms with Crippen molar-refractivity contribution in [3.05, 3.63) is 174 Å². The van der Waals surface area contributed by atoms with E-state index in [9.17, 15) is 0 Å². The zero-order valence-corrected chi connectivity index (χ0v) is 37.0. The summed E-state index contributed by atoms with van der Waals surface area (Å²) < 4.78 is 0. The first kappa shape index (κ1) is 40.4. The number of hydrogen-bond donors (Lipinski definition) is 0. The van der Waals surface area contributed by atoms with Crippen molar-refractivity contribution in [2.24, 2.45) is 0 Å². The molecule has 0 heterocycles. The molecule has 0 aliphatic heterocycles. The van der Waals surface area contributed by atoms with Gasteiger partial charge in [0.05, 0.1) is 17.1 Å². The molecule has 0 spiro atoms. The smallest absolute Gasteiger partial charge is 0.0543 e. The molecule has 1 saturated carbocycles. The lowest BCUT2D eigenvalue weighted by Gasteiger charge is -2.34. The van der Waals surface area contributed by atoms with Crippen LogP contribution in [0.25, 0.3) is 44.2 Å². The van der Waals surface area contributed by atoms with Gasteiger partial charge in [0.15, 0.2) is 0 Å². The fourth-order valence-electron chi connectivity index (χ4n) is 9.24. The van der Waals surface area contributed by atoms with Gasteiger partial charge in [-0.25, -0.2) is 0 Å². The normalized spacial score (nSPS) is 14.1. The first-order chi connectivity index (χ1) is 28.2. The molecule has 1 aliphatic rings. The molecule has 0 unspecified atom stereocenters. The van der Waals surface area contributed by atoms with Gasteiger partial charge < -0.3 is 4.90 Å². The van der Waals surface area contributed by atoms with E-state index < -0.39 is 0 Å². The highest BCUT2D eigenvalue weighted by Crippen LogP contribution is 2.51. The van der Waals surface area contributed by atoms with Crippen molar-refractivity contribution in [3.8, 4) is 33.4 Å². The van der Waals surface area contributed by atoms with Crippen molar-refractivity contribution in [1.82, 2.24) is 0 Å². The van der Waals surface area contributed by atoms with Crippen LogP contribution in [0.4, 0.5) is 17.1 Å². The van der Waals surface area contributed by atoms with Gasteiger partial charge in [-0.1, -0.05) is 215 Å². The molecule has 0 radical (unpaired) electrons. The van der Waals surface area contributed by atoms with Gasteiger partial charge in [0.1, 0.15) is 0 Å². The van der Waals surface area contributed by atoms with Gasteiger partial charge in [-0.2, -0.15) is 0 Å². The average molecular weight is 774 g/mol. The zero-order valence-electron chi connectivity index (χ0n) is 37.0. The first-order valence-corrected chi connectivity index (χ1v) is 22.0. The van der Waals surface area contributed by atoms with E-state index in [4.69, 9.17) is 0 Å². The monoisotopic (exact) mass is 773 g/mol. The van der Waals surface area contributed by atoms with Crippen molar-refractivity contribution < 1.29 is 0 Å². The van der Waals surface area contributed by atoms with Crippen LogP contribution in [0.15, 0.2) is 152 Å². The highest BCUT2D eigenvalue weighted by Gasteiger charge is 2.28. The van der Waals surface area contributed by atoms with Crippen LogP contribution < -0.4 is 4.90 Å². The largest absolute Gasteiger partial charge is 0.309 e. The fraction of sp³-hybridized carbons (Fsp3) is 0.310. The minimum atomic E-state index is -0.0537. The van der Waals surface area contributed by atoms with E-state index >= 15 is 0 Å². The van der Waals surface area contributed by atoms with Crippen molar-refractivity contribution in [2.45, 2.75) is 117 Å². The van der Waals surface area contributed by atoms with Crippen LogP contribution in [-0.4, -0.2) is 0 Å². The van der Waals surface area contributed by atoms with Gasteiger partial charge in [0, 0.05) is 16.7 Å². The fourth-order valence-corrected chi connectivity index (χ4v) is 9.24. The van der Waals surface area contributed by atoms with Crippen LogP contribution in [0.1, 0.15) is 123 Å². The van der Waals surface area contributed by atoms with Crippen LogP contribution in [0.2, 0.25) is 0 Å². The summed E-state index contributed by atoms with van der Waals surface area (Å²) in [4.78, 5) is 2.60. The van der Waals surface area contributed by atoms with Gasteiger partial charge in [-0.3, -0.25) is 0 Å². The molecule has 0 aromatic heterocycles. The summed E-state index contributed by atoms with van der Waals surface area (Å²) in [6, 6.07) is 57.8. The zero-order chi connectivity index (χ0) is 41.5. The van der Waals surface area contributed by atoms with Crippen molar-refractivity contribution in [3.63, 3.8) is 0 Å². The second-order valence-corrected chi connectivity index (χ2v) is 20.1. The molecule has 0 bridgehead atoms. The van der Waals surface area contributed by atoms with Crippen LogP contribution in [0.5, 0.6) is 0 Å². The van der Waals surface area contributed by atoms with Gasteiger partial charge in [-0.15, -0.1) is 0 Å². The van der Waals surface area contributed by atoms with Gasteiger partial charge >= 0.3 is 0 Å². The molecule has 59 heavy (non-hydrogen) atoms. The molecular weight excluding hydrogens is 711 g/mol. The van der Waals surface area contributed by atoms with Crippen molar-refractivity contribution >= 4 is 27.8 Å². The maximum Gasteiger partial charge on any atom is 0.0543 e. The Labute approximate surface area is 355 Å². The molecule has 8 rings (SSSR count). The highest BCUT2D eigenvalue weighted by atomic mass is 15.2. The van der Waals surface area contributed by atoms with Gasteiger partial charge in [0.2, 0.25) is 0 Å². The molecule has 0 N–H and O–H groups in total. The molecular formula is C58H63N. The number of hydrogen-bond acceptors (Lipinski definition) is 1. The van der Waals surface area contributed by atoms with Crippen LogP contribution in [0.3, 0.4) is 0 Å². The molecule has 1 fully saturated rings. The second-order valence-electron chi connectivity index (χ2n) is 20.1. The summed E-state index contributed by atoms with van der Waals surface area (Å²) in [5.74, 6) is 0.581. The number of fused-ring (bicyclic) bond motifs is 1. The predicted octanol–water partition coefficient (Wildman–Crippen LogP) is 17.3. The van der Waals surface area contributed by atoms with Crippen molar-refractivity contribution in [2.75, 3.05) is 4.90 Å². The van der Waals surface area contributed by atoms with E-state index in [0.717, 1.165) is 0 Å². The SMILES string of the molecule is CC(C)(C)c1cc(-c2ccccc2N(c2cc(C(C)(C)C)ccc2-c2ccccc2)c2ccccc2-c2cccc3cccc(C4CCCCC4)c23)cc(C(C)(C)C)c1. The lowest BCUT2D eigenvalue weighted by atomic mass is 9.78. The third-order valence-corrected chi connectivity index (χ3v) is 12.7. The van der Waals surface area contributed by atoms with Crippen LogP contribution in [0, 0.1) is 0 Å². The Hall–Kier alpha value is -5.40. The van der Waals surface area contributed by atoms with E-state index in [0.29, 0.717) is 5.92 Å². The van der Waals surface area contributed by atoms with Gasteiger partial charge in [0.25, 0.3) is 0 Å². The minimum Gasteiger partial charge on any atom is -0.309 e. The van der Waals surface area contributed by atoms with Crippen LogP contribution >= 0.6 is 0 Å². The van der Waals surface area contributed by atoms with E-state index in [-0.39, 0.29) is 16.2 Å². The summed E-state index contributed by atoms with van der Waals surface area (Å²) in [6.07, 6.45) is 6.49. The maximum absolute atomic E-state index is 2.60. The van der Waals surface area contributed by atoms with E-state index in [1.807, 2.05) is 0 Å². The summed E-state index contributed by atoms with van der Waals surface area (Å²) in [5, 5.41) is 2.72. The molecule has 0 atom stereocenters. The number of anilines is 3. The third kappa shape index (κ3) is 8.27. The number of benzene rings is 7. The molecule has 7 aromatic carbocycles. The Balaban J connectivity index is 1.48. The minimum absolute atomic E-state index is 0.0107. The topological polar surface area (TPSA) is 3.24 Å². The van der Waals surface area contributed by atoms with E-state index in [1.165, 1.54) is 116 Å². The summed E-state index contributed by atoms with van der Waals surface area (Å²) in [7, 11) is 0. The van der Waals surface area contributed by atoms with Crippen molar-refractivity contribution in [1.29, 1.82) is 0 Å². The Morgan fingerprint density at radius 3 is 1.54 bits per heavy atom. The Bertz CT molecular complexity index is 2540.